The molecule has 2 aliphatic rings. The molecule has 2 fully saturated rings. The van der Waals surface area contributed by atoms with Crippen LogP contribution in [0, 0.1) is 6.92 Å². The third-order valence-electron chi connectivity index (χ3n) is 4.36. The molecule has 0 aromatic heterocycles. The maximum atomic E-state index is 12.5. The first-order valence-electron chi connectivity index (χ1n) is 7.97. The maximum Gasteiger partial charge on any atom is 0.254 e. The van der Waals surface area contributed by atoms with Gasteiger partial charge in [0.15, 0.2) is 0 Å². The average Bonchev–Trinajstić information content (AvgIpc) is 2.55. The standard InChI is InChI=1S/C16H22N2O4S/c1-13-12-14(16(19)17-7-9-22-10-8-17)4-5-15(13)18-6-2-3-11-23(18,20)21/h4-5,12H,2-3,6-11H2,1H3. The zero-order valence-electron chi connectivity index (χ0n) is 13.3. The van der Waals surface area contributed by atoms with Crippen LogP contribution < -0.4 is 4.31 Å². The smallest absolute Gasteiger partial charge is 0.254 e. The molecule has 1 aromatic rings. The molecule has 0 N–H and O–H groups in total. The molecule has 126 valence electrons. The van der Waals surface area contributed by atoms with Gasteiger partial charge < -0.3 is 9.64 Å². The van der Waals surface area contributed by atoms with Crippen LogP contribution in [-0.4, -0.2) is 57.8 Å². The molecule has 0 spiro atoms. The van der Waals surface area contributed by atoms with Crippen molar-refractivity contribution in [1.29, 1.82) is 0 Å². The van der Waals surface area contributed by atoms with E-state index < -0.39 is 10.0 Å². The zero-order chi connectivity index (χ0) is 16.4. The molecule has 0 bridgehead atoms. The van der Waals surface area contributed by atoms with E-state index in [0.717, 1.165) is 12.0 Å². The van der Waals surface area contributed by atoms with Crippen LogP contribution in [0.5, 0.6) is 0 Å². The number of carbonyl (C=O) groups is 1. The molecule has 0 radical (unpaired) electrons. The van der Waals surface area contributed by atoms with E-state index in [1.54, 1.807) is 23.1 Å². The van der Waals surface area contributed by atoms with Crippen molar-refractivity contribution in [1.82, 2.24) is 4.90 Å². The summed E-state index contributed by atoms with van der Waals surface area (Å²) < 4.78 is 31.2. The van der Waals surface area contributed by atoms with Gasteiger partial charge in [-0.1, -0.05) is 0 Å². The number of carbonyl (C=O) groups excluding carboxylic acids is 1. The van der Waals surface area contributed by atoms with E-state index >= 15 is 0 Å². The van der Waals surface area contributed by atoms with E-state index in [0.29, 0.717) is 50.5 Å². The van der Waals surface area contributed by atoms with Gasteiger partial charge in [0.1, 0.15) is 0 Å². The summed E-state index contributed by atoms with van der Waals surface area (Å²) in [7, 11) is -3.23. The average molecular weight is 338 g/mol. The number of anilines is 1. The lowest BCUT2D eigenvalue weighted by Crippen LogP contribution is -2.41. The minimum Gasteiger partial charge on any atom is -0.378 e. The summed E-state index contributed by atoms with van der Waals surface area (Å²) in [5.74, 6) is 0.172. The van der Waals surface area contributed by atoms with Gasteiger partial charge in [0.05, 0.1) is 24.7 Å². The second kappa shape index (κ2) is 6.49. The highest BCUT2D eigenvalue weighted by atomic mass is 32.2. The molecular formula is C16H22N2O4S. The van der Waals surface area contributed by atoms with E-state index in [4.69, 9.17) is 4.74 Å². The van der Waals surface area contributed by atoms with Gasteiger partial charge in [-0.05, 0) is 43.5 Å². The summed E-state index contributed by atoms with van der Waals surface area (Å²) in [5, 5.41) is 0. The van der Waals surface area contributed by atoms with Gasteiger partial charge in [-0.3, -0.25) is 9.10 Å². The van der Waals surface area contributed by atoms with Crippen molar-refractivity contribution in [2.24, 2.45) is 0 Å². The molecule has 1 amide bonds. The first kappa shape index (κ1) is 16.3. The zero-order valence-corrected chi connectivity index (χ0v) is 14.1. The molecule has 7 heteroatoms. The lowest BCUT2D eigenvalue weighted by molar-refractivity contribution is 0.0303. The number of sulfonamides is 1. The predicted octanol–water partition coefficient (Wildman–Crippen LogP) is 1.40. The number of morpholine rings is 1. The fourth-order valence-electron chi connectivity index (χ4n) is 3.08. The summed E-state index contributed by atoms with van der Waals surface area (Å²) in [4.78, 5) is 14.3. The van der Waals surface area contributed by atoms with Crippen LogP contribution in [0.3, 0.4) is 0 Å². The first-order valence-corrected chi connectivity index (χ1v) is 9.58. The quantitative estimate of drug-likeness (QED) is 0.817. The Morgan fingerprint density at radius 1 is 1.13 bits per heavy atom. The van der Waals surface area contributed by atoms with E-state index in [-0.39, 0.29) is 11.7 Å². The summed E-state index contributed by atoms with van der Waals surface area (Å²) >= 11 is 0. The highest BCUT2D eigenvalue weighted by Crippen LogP contribution is 2.28. The highest BCUT2D eigenvalue weighted by molar-refractivity contribution is 7.92. The highest BCUT2D eigenvalue weighted by Gasteiger charge is 2.27. The Morgan fingerprint density at radius 3 is 2.52 bits per heavy atom. The minimum atomic E-state index is -3.23. The van der Waals surface area contributed by atoms with Crippen LogP contribution in [0.1, 0.15) is 28.8 Å². The van der Waals surface area contributed by atoms with Crippen LogP contribution in [0.2, 0.25) is 0 Å². The van der Waals surface area contributed by atoms with Crippen molar-refractivity contribution in [3.63, 3.8) is 0 Å². The number of amides is 1. The molecule has 3 rings (SSSR count). The number of nitrogens with zero attached hydrogens (tertiary/aromatic N) is 2. The molecule has 0 unspecified atom stereocenters. The monoisotopic (exact) mass is 338 g/mol. The molecule has 0 aliphatic carbocycles. The van der Waals surface area contributed by atoms with E-state index in [2.05, 4.69) is 0 Å². The predicted molar refractivity (Wildman–Crippen MR) is 88.3 cm³/mol. The van der Waals surface area contributed by atoms with Gasteiger partial charge in [-0.2, -0.15) is 0 Å². The Labute approximate surface area is 137 Å². The number of hydrogen-bond donors (Lipinski definition) is 0. The van der Waals surface area contributed by atoms with Crippen molar-refractivity contribution in [3.05, 3.63) is 29.3 Å². The first-order chi connectivity index (χ1) is 11.0. The van der Waals surface area contributed by atoms with Crippen LogP contribution in [-0.2, 0) is 14.8 Å². The Hall–Kier alpha value is -1.60. The van der Waals surface area contributed by atoms with Crippen LogP contribution in [0.15, 0.2) is 18.2 Å². The molecular weight excluding hydrogens is 316 g/mol. The molecule has 1 aromatic carbocycles. The van der Waals surface area contributed by atoms with Crippen molar-refractivity contribution in [2.75, 3.05) is 42.9 Å². The van der Waals surface area contributed by atoms with Crippen LogP contribution in [0.4, 0.5) is 5.69 Å². The lowest BCUT2D eigenvalue weighted by Gasteiger charge is -2.30. The summed E-state index contributed by atoms with van der Waals surface area (Å²) in [6, 6.07) is 5.27. The second-order valence-electron chi connectivity index (χ2n) is 6.00. The van der Waals surface area contributed by atoms with Gasteiger partial charge >= 0.3 is 0 Å². The number of hydrogen-bond acceptors (Lipinski definition) is 4. The van der Waals surface area contributed by atoms with Crippen LogP contribution >= 0.6 is 0 Å². The fraction of sp³-hybridized carbons (Fsp3) is 0.562. The topological polar surface area (TPSA) is 66.9 Å². The fourth-order valence-corrected chi connectivity index (χ4v) is 4.78. The third kappa shape index (κ3) is 3.35. The maximum absolute atomic E-state index is 12.5. The Morgan fingerprint density at radius 2 is 1.87 bits per heavy atom. The third-order valence-corrected chi connectivity index (χ3v) is 6.22. The number of aryl methyl sites for hydroxylation is 1. The van der Waals surface area contributed by atoms with Gasteiger partial charge in [0.2, 0.25) is 10.0 Å². The van der Waals surface area contributed by atoms with Gasteiger partial charge in [0.25, 0.3) is 5.91 Å². The van der Waals surface area contributed by atoms with Crippen molar-refractivity contribution in [2.45, 2.75) is 19.8 Å². The summed E-state index contributed by atoms with van der Waals surface area (Å²) in [6.45, 7) is 4.69. The summed E-state index contributed by atoms with van der Waals surface area (Å²) in [6.07, 6.45) is 1.58. The normalized spacial score (nSPS) is 21.3. The van der Waals surface area contributed by atoms with Gasteiger partial charge in [0, 0.05) is 25.2 Å². The number of rotatable bonds is 2. The van der Waals surface area contributed by atoms with Crippen molar-refractivity contribution in [3.8, 4) is 0 Å². The second-order valence-corrected chi connectivity index (χ2v) is 8.01. The van der Waals surface area contributed by atoms with Crippen LogP contribution in [0.25, 0.3) is 0 Å². The Balaban J connectivity index is 1.84. The van der Waals surface area contributed by atoms with E-state index in [1.165, 1.54) is 4.31 Å². The Bertz CT molecular complexity index is 696. The number of benzene rings is 1. The van der Waals surface area contributed by atoms with Gasteiger partial charge in [-0.15, -0.1) is 0 Å². The molecule has 2 saturated heterocycles. The van der Waals surface area contributed by atoms with Gasteiger partial charge in [-0.25, -0.2) is 8.42 Å². The molecule has 6 nitrogen and oxygen atoms in total. The van der Waals surface area contributed by atoms with E-state index in [1.807, 2.05) is 6.92 Å². The SMILES string of the molecule is Cc1cc(C(=O)N2CCOCC2)ccc1N1CCCCS1(=O)=O. The summed E-state index contributed by atoms with van der Waals surface area (Å²) in [5.41, 5.74) is 2.10. The largest absolute Gasteiger partial charge is 0.378 e. The molecule has 2 heterocycles. The molecule has 0 saturated carbocycles. The Kier molecular flexibility index (Phi) is 4.59. The minimum absolute atomic E-state index is 0.0237. The lowest BCUT2D eigenvalue weighted by atomic mass is 10.1. The molecule has 2 aliphatic heterocycles. The van der Waals surface area contributed by atoms with E-state index in [9.17, 15) is 13.2 Å². The number of ether oxygens (including phenoxy) is 1. The molecule has 23 heavy (non-hydrogen) atoms. The van der Waals surface area contributed by atoms with Crippen molar-refractivity contribution >= 4 is 21.6 Å². The van der Waals surface area contributed by atoms with Crippen molar-refractivity contribution < 1.29 is 17.9 Å². The molecule has 0 atom stereocenters.